The van der Waals surface area contributed by atoms with E-state index in [4.69, 9.17) is 6.42 Å². The maximum atomic E-state index is 5.00. The second-order valence-corrected chi connectivity index (χ2v) is 1.44. The predicted octanol–water partition coefficient (Wildman–Crippen LogP) is 1.06. The third-order valence-corrected chi connectivity index (χ3v) is 0.652. The Hall–Kier alpha value is -0.480. The first-order valence-electron chi connectivity index (χ1n) is 2.14. The van der Waals surface area contributed by atoms with E-state index in [9.17, 15) is 0 Å². The molecule has 0 amide bonds. The van der Waals surface area contributed by atoms with Gasteiger partial charge in [0.1, 0.15) is 0 Å². The van der Waals surface area contributed by atoms with Gasteiger partial charge in [-0.3, -0.25) is 0 Å². The van der Waals surface area contributed by atoms with E-state index in [-0.39, 0.29) is 5.92 Å². The summed E-state index contributed by atoms with van der Waals surface area (Å²) in [6, 6.07) is 0. The van der Waals surface area contributed by atoms with Crippen molar-refractivity contribution in [1.29, 1.82) is 0 Å². The molecular weight excluding hydrogens is 88.1 g/mol. The van der Waals surface area contributed by atoms with Gasteiger partial charge < -0.3 is 4.74 Å². The van der Waals surface area contributed by atoms with Crippen LogP contribution in [0.25, 0.3) is 0 Å². The van der Waals surface area contributed by atoms with Crippen LogP contribution in [0.2, 0.25) is 0 Å². The molecule has 0 aliphatic rings. The van der Waals surface area contributed by atoms with Gasteiger partial charge in [0.2, 0.25) is 0 Å². The zero-order chi connectivity index (χ0) is 5.70. The van der Waals surface area contributed by atoms with Crippen LogP contribution in [0.4, 0.5) is 0 Å². The van der Waals surface area contributed by atoms with Crippen molar-refractivity contribution < 1.29 is 4.74 Å². The molecule has 1 radical (unpaired) electrons. The molecule has 0 spiro atoms. The predicted molar refractivity (Wildman–Crippen MR) is 29.3 cm³/mol. The molecule has 1 atom stereocenters. The Bertz CT molecular complexity index is 70.7. The zero-order valence-electron chi connectivity index (χ0n) is 4.48. The van der Waals surface area contributed by atoms with Crippen LogP contribution in [-0.2, 0) is 4.74 Å². The fourth-order valence-electron chi connectivity index (χ4n) is 0.225. The largest absolute Gasteiger partial charge is 0.378 e. The van der Waals surface area contributed by atoms with E-state index in [0.29, 0.717) is 6.61 Å². The van der Waals surface area contributed by atoms with Gasteiger partial charge in [-0.05, 0) is 6.92 Å². The van der Waals surface area contributed by atoms with Gasteiger partial charge in [0.05, 0.1) is 13.7 Å². The number of ether oxygens (including phenoxy) is 1. The monoisotopic (exact) mass is 97.1 g/mol. The Labute approximate surface area is 44.7 Å². The van der Waals surface area contributed by atoms with Crippen LogP contribution in [0.3, 0.4) is 0 Å². The van der Waals surface area contributed by atoms with Crippen LogP contribution in [0.5, 0.6) is 0 Å². The lowest BCUT2D eigenvalue weighted by Crippen LogP contribution is -1.97. The summed E-state index contributed by atoms with van der Waals surface area (Å²) < 4.78 is 4.50. The summed E-state index contributed by atoms with van der Waals surface area (Å²) in [5.74, 6) is 2.69. The van der Waals surface area contributed by atoms with Gasteiger partial charge in [-0.15, -0.1) is 12.3 Å². The SMILES string of the molecule is C#CC(C)CO[CH2]. The average molecular weight is 97.1 g/mol. The number of rotatable bonds is 2. The Kier molecular flexibility index (Phi) is 3.45. The van der Waals surface area contributed by atoms with Crippen LogP contribution >= 0.6 is 0 Å². The van der Waals surface area contributed by atoms with Crippen molar-refractivity contribution in [2.24, 2.45) is 5.92 Å². The number of hydrogen-bond donors (Lipinski definition) is 0. The van der Waals surface area contributed by atoms with E-state index < -0.39 is 0 Å². The maximum Gasteiger partial charge on any atom is 0.0701 e. The van der Waals surface area contributed by atoms with Gasteiger partial charge in [-0.1, -0.05) is 0 Å². The molecule has 0 saturated carbocycles. The van der Waals surface area contributed by atoms with Gasteiger partial charge in [0.15, 0.2) is 0 Å². The molecule has 0 aromatic carbocycles. The highest BCUT2D eigenvalue weighted by molar-refractivity contribution is 4.89. The van der Waals surface area contributed by atoms with Crippen molar-refractivity contribution in [3.05, 3.63) is 7.11 Å². The van der Waals surface area contributed by atoms with Crippen molar-refractivity contribution in [2.45, 2.75) is 6.92 Å². The molecule has 0 heterocycles. The lowest BCUT2D eigenvalue weighted by molar-refractivity contribution is 0.219. The van der Waals surface area contributed by atoms with Gasteiger partial charge in [-0.25, -0.2) is 0 Å². The summed E-state index contributed by atoms with van der Waals surface area (Å²) in [6.45, 7) is 2.46. The average Bonchev–Trinajstić information content (AvgIpc) is 1.68. The first-order chi connectivity index (χ1) is 3.31. The molecule has 0 fully saturated rings. The van der Waals surface area contributed by atoms with Crippen molar-refractivity contribution in [3.63, 3.8) is 0 Å². The second-order valence-electron chi connectivity index (χ2n) is 1.44. The van der Waals surface area contributed by atoms with Gasteiger partial charge in [0, 0.05) is 5.92 Å². The molecule has 0 saturated heterocycles. The highest BCUT2D eigenvalue weighted by atomic mass is 16.5. The number of hydrogen-bond acceptors (Lipinski definition) is 1. The molecule has 0 aliphatic carbocycles. The van der Waals surface area contributed by atoms with E-state index >= 15 is 0 Å². The van der Waals surface area contributed by atoms with Gasteiger partial charge in [-0.2, -0.15) is 0 Å². The summed E-state index contributed by atoms with van der Waals surface area (Å²) in [5, 5.41) is 0. The van der Waals surface area contributed by atoms with Crippen LogP contribution in [0, 0.1) is 25.4 Å². The van der Waals surface area contributed by atoms with E-state index in [1.54, 1.807) is 0 Å². The molecule has 1 unspecified atom stereocenters. The maximum absolute atomic E-state index is 5.00. The van der Waals surface area contributed by atoms with Crippen LogP contribution in [0.15, 0.2) is 0 Å². The summed E-state index contributed by atoms with van der Waals surface area (Å²) in [7, 11) is 3.18. The molecule has 39 valence electrons. The molecule has 1 heteroatoms. The van der Waals surface area contributed by atoms with Crippen LogP contribution in [0.1, 0.15) is 6.92 Å². The fourth-order valence-corrected chi connectivity index (χ4v) is 0.225. The van der Waals surface area contributed by atoms with E-state index in [1.807, 2.05) is 6.92 Å². The fraction of sp³-hybridized carbons (Fsp3) is 0.500. The summed E-state index contributed by atoms with van der Waals surface area (Å²) in [6.07, 6.45) is 5.00. The van der Waals surface area contributed by atoms with Gasteiger partial charge >= 0.3 is 0 Å². The third-order valence-electron chi connectivity index (χ3n) is 0.652. The molecule has 0 bridgehead atoms. The van der Waals surface area contributed by atoms with Crippen molar-refractivity contribution in [1.82, 2.24) is 0 Å². The molecule has 7 heavy (non-hydrogen) atoms. The first-order valence-corrected chi connectivity index (χ1v) is 2.14. The van der Waals surface area contributed by atoms with Crippen molar-refractivity contribution in [2.75, 3.05) is 6.61 Å². The van der Waals surface area contributed by atoms with Crippen molar-refractivity contribution in [3.8, 4) is 12.3 Å². The minimum Gasteiger partial charge on any atom is -0.378 e. The quantitative estimate of drug-likeness (QED) is 0.468. The zero-order valence-corrected chi connectivity index (χ0v) is 4.48. The van der Waals surface area contributed by atoms with Gasteiger partial charge in [0.25, 0.3) is 0 Å². The molecule has 0 aromatic heterocycles. The van der Waals surface area contributed by atoms with E-state index in [2.05, 4.69) is 17.8 Å². The Morgan fingerprint density at radius 3 is 2.71 bits per heavy atom. The second kappa shape index (κ2) is 3.70. The Morgan fingerprint density at radius 1 is 2.00 bits per heavy atom. The molecule has 0 aromatic rings. The molecule has 0 N–H and O–H groups in total. The van der Waals surface area contributed by atoms with E-state index in [1.165, 1.54) is 0 Å². The van der Waals surface area contributed by atoms with E-state index in [0.717, 1.165) is 0 Å². The number of terminal acetylenes is 1. The highest BCUT2D eigenvalue weighted by Gasteiger charge is 1.90. The summed E-state index contributed by atoms with van der Waals surface area (Å²) >= 11 is 0. The minimum absolute atomic E-state index is 0.192. The summed E-state index contributed by atoms with van der Waals surface area (Å²) in [4.78, 5) is 0. The normalized spacial score (nSPS) is 12.7. The molecule has 0 rings (SSSR count). The molecular formula is C6H9O. The summed E-state index contributed by atoms with van der Waals surface area (Å²) in [5.41, 5.74) is 0. The Morgan fingerprint density at radius 2 is 2.57 bits per heavy atom. The standard InChI is InChI=1S/C6H9O/c1-4-6(2)5-7-3/h1,6H,3,5H2,2H3. The molecule has 0 aliphatic heterocycles. The van der Waals surface area contributed by atoms with Crippen LogP contribution in [-0.4, -0.2) is 6.61 Å². The smallest absolute Gasteiger partial charge is 0.0701 e. The van der Waals surface area contributed by atoms with Crippen LogP contribution < -0.4 is 0 Å². The Balaban J connectivity index is 3.04. The highest BCUT2D eigenvalue weighted by Crippen LogP contribution is 1.89. The van der Waals surface area contributed by atoms with Crippen molar-refractivity contribution >= 4 is 0 Å². The topological polar surface area (TPSA) is 9.23 Å². The third kappa shape index (κ3) is 3.35. The minimum atomic E-state index is 0.192. The first kappa shape index (κ1) is 6.52. The lowest BCUT2D eigenvalue weighted by Gasteiger charge is -1.97. The lowest BCUT2D eigenvalue weighted by atomic mass is 10.2. The molecule has 1 nitrogen and oxygen atoms in total.